The van der Waals surface area contributed by atoms with Gasteiger partial charge in [0.15, 0.2) is 0 Å². The molecule has 2 atom stereocenters. The van der Waals surface area contributed by atoms with Crippen LogP contribution in [0.3, 0.4) is 0 Å². The number of rotatable bonds is 4. The van der Waals surface area contributed by atoms with Gasteiger partial charge in [0.25, 0.3) is 0 Å². The van der Waals surface area contributed by atoms with E-state index in [-0.39, 0.29) is 11.9 Å². The lowest BCUT2D eigenvalue weighted by molar-refractivity contribution is -0.167. The first-order valence-electron chi connectivity index (χ1n) is 11.8. The van der Waals surface area contributed by atoms with Crippen molar-refractivity contribution in [3.63, 3.8) is 0 Å². The number of amides is 1. The maximum absolute atomic E-state index is 14.5. The molecule has 3 heteroatoms. The third kappa shape index (κ3) is 2.58. The third-order valence-corrected chi connectivity index (χ3v) is 7.30. The lowest BCUT2D eigenvalue weighted by Crippen LogP contribution is -2.83. The fraction of sp³-hybridized carbons (Fsp3) is 0.161. The number of aliphatic imine (C=N–C) groups is 1. The van der Waals surface area contributed by atoms with Crippen LogP contribution in [0.25, 0.3) is 0 Å². The largest absolute Gasteiger partial charge is 0.322 e. The van der Waals surface area contributed by atoms with Gasteiger partial charge < -0.3 is 4.90 Å². The first-order valence-corrected chi connectivity index (χ1v) is 11.8. The zero-order valence-electron chi connectivity index (χ0n) is 19.1. The van der Waals surface area contributed by atoms with Gasteiger partial charge in [-0.25, -0.2) is 0 Å². The van der Waals surface area contributed by atoms with E-state index in [4.69, 9.17) is 4.99 Å². The van der Waals surface area contributed by atoms with Crippen LogP contribution in [0.15, 0.2) is 126 Å². The summed E-state index contributed by atoms with van der Waals surface area (Å²) < 4.78 is 0. The Morgan fingerprint density at radius 1 is 0.676 bits per heavy atom. The molecule has 6 rings (SSSR count). The van der Waals surface area contributed by atoms with Crippen molar-refractivity contribution >= 4 is 11.6 Å². The smallest absolute Gasteiger partial charge is 0.242 e. The standard InChI is InChI=1S/C31H26N2O/c1-23-22-33-29(34)30(25-16-8-3-9-17-25,26-18-10-4-11-19-26)31(33,27-20-12-5-13-21-27)28(32-23)24-14-6-2-7-15-24/h2-21,23H,22H2,1H3. The third-order valence-electron chi connectivity index (χ3n) is 7.30. The highest BCUT2D eigenvalue weighted by atomic mass is 16.2. The Labute approximate surface area is 200 Å². The van der Waals surface area contributed by atoms with Crippen LogP contribution in [0, 0.1) is 0 Å². The summed E-state index contributed by atoms with van der Waals surface area (Å²) in [5.74, 6) is 0.129. The molecule has 2 aliphatic rings. The van der Waals surface area contributed by atoms with Crippen molar-refractivity contribution < 1.29 is 4.79 Å². The summed E-state index contributed by atoms with van der Waals surface area (Å²) in [5.41, 5.74) is 3.37. The molecule has 0 aliphatic carbocycles. The number of fused-ring (bicyclic) bond motifs is 1. The van der Waals surface area contributed by atoms with Gasteiger partial charge in [-0.05, 0) is 29.2 Å². The van der Waals surface area contributed by atoms with Gasteiger partial charge in [-0.15, -0.1) is 0 Å². The van der Waals surface area contributed by atoms with Crippen LogP contribution in [0.1, 0.15) is 29.2 Å². The van der Waals surface area contributed by atoms with Crippen LogP contribution in [0.5, 0.6) is 0 Å². The Hall–Kier alpha value is -3.98. The first kappa shape index (κ1) is 20.6. The van der Waals surface area contributed by atoms with Crippen molar-refractivity contribution in [3.8, 4) is 0 Å². The molecule has 1 fully saturated rings. The van der Waals surface area contributed by atoms with E-state index in [1.165, 1.54) is 0 Å². The monoisotopic (exact) mass is 442 g/mol. The fourth-order valence-corrected chi connectivity index (χ4v) is 6.08. The van der Waals surface area contributed by atoms with Crippen molar-refractivity contribution in [3.05, 3.63) is 144 Å². The highest BCUT2D eigenvalue weighted by Crippen LogP contribution is 2.62. The Balaban J connectivity index is 1.78. The molecule has 0 bridgehead atoms. The molecule has 34 heavy (non-hydrogen) atoms. The van der Waals surface area contributed by atoms with Crippen molar-refractivity contribution in [2.75, 3.05) is 6.54 Å². The Morgan fingerprint density at radius 2 is 1.12 bits per heavy atom. The minimum atomic E-state index is -0.925. The van der Waals surface area contributed by atoms with Crippen LogP contribution in [0.2, 0.25) is 0 Å². The van der Waals surface area contributed by atoms with Crippen molar-refractivity contribution in [1.29, 1.82) is 0 Å². The summed E-state index contributed by atoms with van der Waals surface area (Å²) >= 11 is 0. The molecule has 3 nitrogen and oxygen atoms in total. The van der Waals surface area contributed by atoms with E-state index in [1.54, 1.807) is 0 Å². The Kier molecular flexibility index (Phi) is 4.73. The average molecular weight is 443 g/mol. The lowest BCUT2D eigenvalue weighted by Gasteiger charge is -2.67. The number of nitrogens with zero attached hydrogens (tertiary/aromatic N) is 2. The van der Waals surface area contributed by atoms with E-state index in [0.717, 1.165) is 28.0 Å². The topological polar surface area (TPSA) is 32.7 Å². The predicted octanol–water partition coefficient (Wildman–Crippen LogP) is 5.60. The molecule has 2 aliphatic heterocycles. The van der Waals surface area contributed by atoms with Crippen LogP contribution in [-0.4, -0.2) is 29.1 Å². The minimum absolute atomic E-state index is 0.0144. The molecule has 0 N–H and O–H groups in total. The molecular formula is C31H26N2O. The van der Waals surface area contributed by atoms with Crippen molar-refractivity contribution in [2.45, 2.75) is 23.9 Å². The van der Waals surface area contributed by atoms with Gasteiger partial charge in [-0.2, -0.15) is 0 Å². The molecule has 0 spiro atoms. The van der Waals surface area contributed by atoms with E-state index in [0.29, 0.717) is 6.54 Å². The van der Waals surface area contributed by atoms with Crippen LogP contribution in [0.4, 0.5) is 0 Å². The molecule has 0 aromatic heterocycles. The SMILES string of the molecule is CC1CN2C(=O)C(c3ccccc3)(c3ccccc3)C2(c2ccccc2)C(c2ccccc2)=N1. The second-order valence-corrected chi connectivity index (χ2v) is 9.17. The normalized spacial score (nSPS) is 23.0. The van der Waals surface area contributed by atoms with E-state index in [2.05, 4.69) is 72.5 Å². The Bertz CT molecular complexity index is 1310. The zero-order valence-corrected chi connectivity index (χ0v) is 19.1. The van der Waals surface area contributed by atoms with Gasteiger partial charge in [0, 0.05) is 6.54 Å². The maximum atomic E-state index is 14.5. The van der Waals surface area contributed by atoms with Gasteiger partial charge >= 0.3 is 0 Å². The molecule has 0 saturated carbocycles. The second kappa shape index (κ2) is 7.81. The van der Waals surface area contributed by atoms with Crippen molar-refractivity contribution in [2.24, 2.45) is 4.99 Å². The van der Waals surface area contributed by atoms with Gasteiger partial charge in [0.2, 0.25) is 5.91 Å². The van der Waals surface area contributed by atoms with Gasteiger partial charge in [-0.3, -0.25) is 9.79 Å². The minimum Gasteiger partial charge on any atom is -0.322 e. The van der Waals surface area contributed by atoms with Gasteiger partial charge in [0.05, 0.1) is 11.8 Å². The number of benzene rings is 4. The molecular weight excluding hydrogens is 416 g/mol. The van der Waals surface area contributed by atoms with Crippen LogP contribution >= 0.6 is 0 Å². The molecule has 166 valence electrons. The van der Waals surface area contributed by atoms with Crippen LogP contribution in [-0.2, 0) is 15.7 Å². The van der Waals surface area contributed by atoms with Gasteiger partial charge in [0.1, 0.15) is 11.0 Å². The number of hydrogen-bond donors (Lipinski definition) is 0. The average Bonchev–Trinajstić information content (AvgIpc) is 2.91. The van der Waals surface area contributed by atoms with E-state index in [9.17, 15) is 4.79 Å². The number of carbonyl (C=O) groups excluding carboxylic acids is 1. The summed E-state index contributed by atoms with van der Waals surface area (Å²) in [6, 6.07) is 41.3. The Morgan fingerprint density at radius 3 is 1.62 bits per heavy atom. The van der Waals surface area contributed by atoms with E-state index >= 15 is 0 Å². The highest BCUT2D eigenvalue weighted by molar-refractivity contribution is 6.21. The summed E-state index contributed by atoms with van der Waals surface area (Å²) in [6.07, 6.45) is 0. The van der Waals surface area contributed by atoms with E-state index in [1.807, 2.05) is 60.7 Å². The fourth-order valence-electron chi connectivity index (χ4n) is 6.08. The molecule has 4 aromatic carbocycles. The molecule has 1 amide bonds. The zero-order chi connectivity index (χ0) is 23.2. The first-order chi connectivity index (χ1) is 16.7. The number of carbonyl (C=O) groups is 1. The summed E-state index contributed by atoms with van der Waals surface area (Å²) in [4.78, 5) is 21.8. The molecule has 2 unspecified atom stereocenters. The molecule has 0 radical (unpaired) electrons. The summed E-state index contributed by atoms with van der Waals surface area (Å²) in [6.45, 7) is 2.68. The lowest BCUT2D eigenvalue weighted by atomic mass is 9.48. The second-order valence-electron chi connectivity index (χ2n) is 9.17. The summed E-state index contributed by atoms with van der Waals surface area (Å²) in [7, 11) is 0. The van der Waals surface area contributed by atoms with Gasteiger partial charge in [-0.1, -0.05) is 121 Å². The van der Waals surface area contributed by atoms with E-state index < -0.39 is 11.0 Å². The number of β-lactam (4-membered cyclic amide) rings is 1. The van der Waals surface area contributed by atoms with Crippen molar-refractivity contribution in [1.82, 2.24) is 4.90 Å². The summed E-state index contributed by atoms with van der Waals surface area (Å²) in [5, 5.41) is 0. The molecule has 2 heterocycles. The number of hydrogen-bond acceptors (Lipinski definition) is 2. The molecule has 1 saturated heterocycles. The quantitative estimate of drug-likeness (QED) is 0.379. The van der Waals surface area contributed by atoms with Crippen LogP contribution < -0.4 is 0 Å². The maximum Gasteiger partial charge on any atom is 0.242 e. The molecule has 4 aromatic rings. The predicted molar refractivity (Wildman–Crippen MR) is 136 cm³/mol. The highest BCUT2D eigenvalue weighted by Gasteiger charge is 2.76.